The van der Waals surface area contributed by atoms with Crippen LogP contribution in [0, 0.1) is 12.7 Å². The molecule has 8 heteroatoms. The number of aryl methyl sites for hydroxylation is 1. The molecule has 2 amide bonds. The number of methoxy groups -OCH3 is 1. The topological polar surface area (TPSA) is 80.1 Å². The Labute approximate surface area is 218 Å². The number of ether oxygens (including phenoxy) is 1. The maximum atomic E-state index is 14.6. The average Bonchev–Trinajstić information content (AvgIpc) is 3.31. The quantitative estimate of drug-likeness (QED) is 0.355. The molecule has 1 atom stereocenters. The summed E-state index contributed by atoms with van der Waals surface area (Å²) in [5.74, 6) is -1.43. The van der Waals surface area contributed by atoms with E-state index < -0.39 is 22.8 Å². The molecule has 4 aromatic rings. The first kappa shape index (κ1) is 24.1. The summed E-state index contributed by atoms with van der Waals surface area (Å²) in [4.78, 5) is 45.7. The lowest BCUT2D eigenvalue weighted by atomic mass is 9.84. The Balaban J connectivity index is 1.62. The molecule has 0 radical (unpaired) electrons. The van der Waals surface area contributed by atoms with E-state index in [2.05, 4.69) is 0 Å². The molecule has 0 aliphatic carbocycles. The van der Waals surface area contributed by atoms with Crippen LogP contribution < -0.4 is 10.3 Å². The van der Waals surface area contributed by atoms with Gasteiger partial charge < -0.3 is 19.0 Å². The molecule has 38 heavy (non-hydrogen) atoms. The van der Waals surface area contributed by atoms with E-state index >= 15 is 0 Å². The Morgan fingerprint density at radius 3 is 2.53 bits per heavy atom. The number of benzene rings is 3. The van der Waals surface area contributed by atoms with Gasteiger partial charge in [-0.1, -0.05) is 42.0 Å². The summed E-state index contributed by atoms with van der Waals surface area (Å²) in [5.41, 5.74) is 0.938. The maximum absolute atomic E-state index is 14.6. The molecule has 6 rings (SSSR count). The third-order valence-corrected chi connectivity index (χ3v) is 7.38. The summed E-state index contributed by atoms with van der Waals surface area (Å²) in [7, 11) is 1.57. The standard InChI is InChI=1S/C30H25FN2O5/c1-18-8-13-24-21(16-18)26(34)25-27(38-24)28(35)33(14-5-15-37-2)30(25)22-6-3-4-7-23(22)32(29(30)36)17-19-9-11-20(31)12-10-19/h3-4,6-13,16H,5,14-15,17H2,1-2H3. The summed E-state index contributed by atoms with van der Waals surface area (Å²) in [6.45, 7) is 2.56. The van der Waals surface area contributed by atoms with Gasteiger partial charge >= 0.3 is 0 Å². The highest BCUT2D eigenvalue weighted by atomic mass is 19.1. The number of para-hydroxylation sites is 1. The fourth-order valence-corrected chi connectivity index (χ4v) is 5.70. The second-order valence-corrected chi connectivity index (χ2v) is 9.68. The SMILES string of the molecule is COCCCN1C(=O)c2oc3ccc(C)cc3c(=O)c2C12C(=O)N(Cc1ccc(F)cc1)c1ccccc12. The van der Waals surface area contributed by atoms with Crippen molar-refractivity contribution in [1.29, 1.82) is 0 Å². The number of hydrogen-bond donors (Lipinski definition) is 0. The summed E-state index contributed by atoms with van der Waals surface area (Å²) in [6, 6.07) is 18.3. The zero-order chi connectivity index (χ0) is 26.6. The second-order valence-electron chi connectivity index (χ2n) is 9.68. The van der Waals surface area contributed by atoms with Crippen LogP contribution in [0.25, 0.3) is 11.0 Å². The van der Waals surface area contributed by atoms with Gasteiger partial charge in [-0.25, -0.2) is 4.39 Å². The second kappa shape index (κ2) is 8.92. The van der Waals surface area contributed by atoms with Crippen LogP contribution in [0.1, 0.15) is 39.2 Å². The van der Waals surface area contributed by atoms with E-state index in [9.17, 15) is 18.8 Å². The van der Waals surface area contributed by atoms with E-state index in [0.29, 0.717) is 40.8 Å². The Kier molecular flexibility index (Phi) is 5.65. The lowest BCUT2D eigenvalue weighted by molar-refractivity contribution is -0.126. The van der Waals surface area contributed by atoms with E-state index in [4.69, 9.17) is 9.15 Å². The molecule has 0 N–H and O–H groups in total. The minimum absolute atomic E-state index is 0.0390. The lowest BCUT2D eigenvalue weighted by Gasteiger charge is -2.34. The number of carbonyl (C=O) groups excluding carboxylic acids is 2. The predicted molar refractivity (Wildman–Crippen MR) is 140 cm³/mol. The van der Waals surface area contributed by atoms with Crippen LogP contribution in [-0.4, -0.2) is 37.0 Å². The van der Waals surface area contributed by atoms with Crippen LogP contribution in [0.5, 0.6) is 0 Å². The highest BCUT2D eigenvalue weighted by Gasteiger charge is 2.64. The Morgan fingerprint density at radius 1 is 1.00 bits per heavy atom. The summed E-state index contributed by atoms with van der Waals surface area (Å²) in [5, 5.41) is 0.317. The molecule has 0 saturated carbocycles. The van der Waals surface area contributed by atoms with Crippen LogP contribution in [0.15, 0.2) is 75.9 Å². The first-order chi connectivity index (χ1) is 18.4. The lowest BCUT2D eigenvalue weighted by Crippen LogP contribution is -2.53. The van der Waals surface area contributed by atoms with Gasteiger partial charge in [0.05, 0.1) is 23.2 Å². The number of hydrogen-bond acceptors (Lipinski definition) is 5. The molecule has 0 fully saturated rings. The van der Waals surface area contributed by atoms with Gasteiger partial charge in [0.25, 0.3) is 11.8 Å². The summed E-state index contributed by atoms with van der Waals surface area (Å²) < 4.78 is 24.9. The average molecular weight is 513 g/mol. The van der Waals surface area contributed by atoms with Crippen molar-refractivity contribution in [2.45, 2.75) is 25.4 Å². The van der Waals surface area contributed by atoms with Gasteiger partial charge in [0.15, 0.2) is 11.0 Å². The van der Waals surface area contributed by atoms with Crippen LogP contribution >= 0.6 is 0 Å². The third-order valence-electron chi connectivity index (χ3n) is 7.38. The Hall–Kier alpha value is -4.30. The van der Waals surface area contributed by atoms with Crippen molar-refractivity contribution in [1.82, 2.24) is 4.90 Å². The van der Waals surface area contributed by atoms with E-state index in [1.165, 1.54) is 17.0 Å². The van der Waals surface area contributed by atoms with Gasteiger partial charge in [-0.05, 0) is 49.2 Å². The van der Waals surface area contributed by atoms with Gasteiger partial charge in [-0.15, -0.1) is 0 Å². The van der Waals surface area contributed by atoms with Crippen molar-refractivity contribution in [2.75, 3.05) is 25.2 Å². The smallest absolute Gasteiger partial charge is 0.291 e. The monoisotopic (exact) mass is 512 g/mol. The summed E-state index contributed by atoms with van der Waals surface area (Å²) in [6.07, 6.45) is 0.457. The predicted octanol–water partition coefficient (Wildman–Crippen LogP) is 4.52. The molecule has 1 aromatic heterocycles. The van der Waals surface area contributed by atoms with Crippen molar-refractivity contribution >= 4 is 28.5 Å². The van der Waals surface area contributed by atoms with E-state index in [1.807, 2.05) is 19.1 Å². The Bertz CT molecular complexity index is 1660. The molecular weight excluding hydrogens is 487 g/mol. The first-order valence-electron chi connectivity index (χ1n) is 12.4. The van der Waals surface area contributed by atoms with Crippen LogP contribution in [-0.2, 0) is 21.6 Å². The zero-order valence-corrected chi connectivity index (χ0v) is 21.0. The number of amides is 2. The third kappa shape index (κ3) is 3.33. The van der Waals surface area contributed by atoms with Crippen molar-refractivity contribution < 1.29 is 23.1 Å². The minimum Gasteiger partial charge on any atom is -0.450 e. The fraction of sp³-hybridized carbons (Fsp3) is 0.233. The number of halogens is 1. The zero-order valence-electron chi connectivity index (χ0n) is 21.0. The van der Waals surface area contributed by atoms with Gasteiger partial charge in [0, 0.05) is 25.8 Å². The fourth-order valence-electron chi connectivity index (χ4n) is 5.70. The molecular formula is C30H25FN2O5. The van der Waals surface area contributed by atoms with Gasteiger partial charge in [-0.3, -0.25) is 14.4 Å². The van der Waals surface area contributed by atoms with E-state index in [-0.39, 0.29) is 30.2 Å². The molecule has 0 bridgehead atoms. The maximum Gasteiger partial charge on any atom is 0.291 e. The van der Waals surface area contributed by atoms with Crippen molar-refractivity contribution in [3.05, 3.63) is 111 Å². The molecule has 3 aromatic carbocycles. The van der Waals surface area contributed by atoms with Crippen molar-refractivity contribution in [3.63, 3.8) is 0 Å². The largest absolute Gasteiger partial charge is 0.450 e. The van der Waals surface area contributed by atoms with Crippen molar-refractivity contribution in [2.24, 2.45) is 0 Å². The van der Waals surface area contributed by atoms with Gasteiger partial charge in [0.2, 0.25) is 5.76 Å². The number of anilines is 1. The minimum atomic E-state index is -1.69. The number of nitrogens with zero attached hydrogens (tertiary/aromatic N) is 2. The van der Waals surface area contributed by atoms with Crippen LogP contribution in [0.2, 0.25) is 0 Å². The number of fused-ring (bicyclic) bond motifs is 5. The van der Waals surface area contributed by atoms with Gasteiger partial charge in [0.1, 0.15) is 11.4 Å². The highest BCUT2D eigenvalue weighted by molar-refractivity contribution is 6.17. The highest BCUT2D eigenvalue weighted by Crippen LogP contribution is 2.52. The van der Waals surface area contributed by atoms with Crippen LogP contribution in [0.4, 0.5) is 10.1 Å². The molecule has 3 heterocycles. The normalized spacial score (nSPS) is 18.1. The molecule has 0 saturated heterocycles. The Morgan fingerprint density at radius 2 is 1.76 bits per heavy atom. The van der Waals surface area contributed by atoms with E-state index in [1.54, 1.807) is 54.5 Å². The molecule has 2 aliphatic rings. The van der Waals surface area contributed by atoms with Crippen molar-refractivity contribution in [3.8, 4) is 0 Å². The van der Waals surface area contributed by atoms with Crippen LogP contribution in [0.3, 0.4) is 0 Å². The molecule has 1 spiro atoms. The van der Waals surface area contributed by atoms with Gasteiger partial charge in [-0.2, -0.15) is 0 Å². The molecule has 2 aliphatic heterocycles. The molecule has 7 nitrogen and oxygen atoms in total. The first-order valence-corrected chi connectivity index (χ1v) is 12.4. The molecule has 192 valence electrons. The number of rotatable bonds is 6. The van der Waals surface area contributed by atoms with E-state index in [0.717, 1.165) is 5.56 Å². The number of carbonyl (C=O) groups is 2. The molecule has 1 unspecified atom stereocenters. The summed E-state index contributed by atoms with van der Waals surface area (Å²) >= 11 is 0.